The van der Waals surface area contributed by atoms with E-state index in [1.807, 2.05) is 0 Å². The highest BCUT2D eigenvalue weighted by Gasteiger charge is 2.25. The number of carbonyl (C=O) groups is 1. The fraction of sp³-hybridized carbons (Fsp3) is 0.875. The van der Waals surface area contributed by atoms with Gasteiger partial charge in [0.05, 0.1) is 5.92 Å². The highest BCUT2D eigenvalue weighted by Crippen LogP contribution is 2.23. The van der Waals surface area contributed by atoms with Crippen molar-refractivity contribution in [2.75, 3.05) is 13.2 Å². The summed E-state index contributed by atoms with van der Waals surface area (Å²) in [5, 5.41) is 8.69. The fourth-order valence-electron chi connectivity index (χ4n) is 1.42. The van der Waals surface area contributed by atoms with Crippen molar-refractivity contribution < 1.29 is 14.6 Å². The van der Waals surface area contributed by atoms with Crippen LogP contribution in [-0.4, -0.2) is 24.3 Å². The average molecular weight is 158 g/mol. The fourth-order valence-corrected chi connectivity index (χ4v) is 1.42. The monoisotopic (exact) mass is 158 g/mol. The largest absolute Gasteiger partial charge is 0.481 e. The van der Waals surface area contributed by atoms with Crippen LogP contribution in [-0.2, 0) is 9.53 Å². The van der Waals surface area contributed by atoms with Crippen molar-refractivity contribution in [1.82, 2.24) is 0 Å². The van der Waals surface area contributed by atoms with E-state index in [4.69, 9.17) is 9.84 Å². The topological polar surface area (TPSA) is 46.5 Å². The number of aliphatic carboxylic acids is 1. The number of hydrogen-bond donors (Lipinski definition) is 1. The van der Waals surface area contributed by atoms with Crippen LogP contribution in [0.5, 0.6) is 0 Å². The third-order valence-corrected chi connectivity index (χ3v) is 2.36. The molecule has 0 unspecified atom stereocenters. The van der Waals surface area contributed by atoms with Gasteiger partial charge >= 0.3 is 5.97 Å². The first kappa shape index (κ1) is 8.53. The predicted octanol–water partition coefficient (Wildman–Crippen LogP) is 1.13. The molecule has 0 aliphatic carbocycles. The van der Waals surface area contributed by atoms with Crippen LogP contribution in [0.15, 0.2) is 0 Å². The van der Waals surface area contributed by atoms with Crippen LogP contribution in [0.25, 0.3) is 0 Å². The standard InChI is InChI=1S/C8H14O3/c1-6(8(9)10)7-2-4-11-5-3-7/h6-7H,2-5H2,1H3,(H,9,10)/t6-/m1/s1. The van der Waals surface area contributed by atoms with Gasteiger partial charge in [0.2, 0.25) is 0 Å². The number of carboxylic acid groups (broad SMARTS) is 1. The Morgan fingerprint density at radius 3 is 2.55 bits per heavy atom. The van der Waals surface area contributed by atoms with Gasteiger partial charge in [-0.05, 0) is 18.8 Å². The van der Waals surface area contributed by atoms with E-state index in [0.717, 1.165) is 26.1 Å². The van der Waals surface area contributed by atoms with E-state index in [9.17, 15) is 4.79 Å². The molecule has 0 saturated carbocycles. The molecule has 1 saturated heterocycles. The SMILES string of the molecule is C[C@@H](C(=O)O)C1CCOCC1. The van der Waals surface area contributed by atoms with Gasteiger partial charge in [-0.2, -0.15) is 0 Å². The molecule has 1 aliphatic heterocycles. The van der Waals surface area contributed by atoms with Crippen LogP contribution < -0.4 is 0 Å². The molecule has 64 valence electrons. The summed E-state index contributed by atoms with van der Waals surface area (Å²) in [6.07, 6.45) is 1.79. The van der Waals surface area contributed by atoms with Crippen LogP contribution in [0.1, 0.15) is 19.8 Å². The number of ether oxygens (including phenoxy) is 1. The Morgan fingerprint density at radius 2 is 2.09 bits per heavy atom. The predicted molar refractivity (Wildman–Crippen MR) is 40.3 cm³/mol. The van der Waals surface area contributed by atoms with Crippen LogP contribution in [0.2, 0.25) is 0 Å². The van der Waals surface area contributed by atoms with Crippen molar-refractivity contribution in [3.05, 3.63) is 0 Å². The van der Waals surface area contributed by atoms with E-state index in [2.05, 4.69) is 0 Å². The minimum Gasteiger partial charge on any atom is -0.481 e. The summed E-state index contributed by atoms with van der Waals surface area (Å²) >= 11 is 0. The zero-order chi connectivity index (χ0) is 8.27. The van der Waals surface area contributed by atoms with Gasteiger partial charge in [-0.1, -0.05) is 6.92 Å². The summed E-state index contributed by atoms with van der Waals surface area (Å²) in [7, 11) is 0. The molecule has 3 nitrogen and oxygen atoms in total. The van der Waals surface area contributed by atoms with Crippen molar-refractivity contribution >= 4 is 5.97 Å². The zero-order valence-electron chi connectivity index (χ0n) is 6.75. The van der Waals surface area contributed by atoms with E-state index in [1.165, 1.54) is 0 Å². The van der Waals surface area contributed by atoms with Gasteiger partial charge in [-0.15, -0.1) is 0 Å². The molecule has 1 N–H and O–H groups in total. The van der Waals surface area contributed by atoms with Crippen LogP contribution in [0.3, 0.4) is 0 Å². The molecule has 1 heterocycles. The Balaban J connectivity index is 2.38. The molecular formula is C8H14O3. The van der Waals surface area contributed by atoms with E-state index >= 15 is 0 Å². The van der Waals surface area contributed by atoms with Gasteiger partial charge in [0.1, 0.15) is 0 Å². The summed E-state index contributed by atoms with van der Waals surface area (Å²) in [5.74, 6) is -0.572. The Kier molecular flexibility index (Phi) is 2.88. The Bertz CT molecular complexity index is 138. The molecule has 0 amide bonds. The van der Waals surface area contributed by atoms with E-state index in [1.54, 1.807) is 6.92 Å². The van der Waals surface area contributed by atoms with E-state index in [0.29, 0.717) is 5.92 Å². The van der Waals surface area contributed by atoms with E-state index in [-0.39, 0.29) is 5.92 Å². The third-order valence-electron chi connectivity index (χ3n) is 2.36. The minimum atomic E-state index is -0.683. The normalized spacial score (nSPS) is 23.0. The van der Waals surface area contributed by atoms with Gasteiger partial charge in [0.25, 0.3) is 0 Å². The lowest BCUT2D eigenvalue weighted by molar-refractivity contribution is -0.144. The van der Waals surface area contributed by atoms with Crippen molar-refractivity contribution in [2.24, 2.45) is 11.8 Å². The van der Waals surface area contributed by atoms with Gasteiger partial charge in [-0.25, -0.2) is 0 Å². The van der Waals surface area contributed by atoms with Gasteiger partial charge in [0.15, 0.2) is 0 Å². The molecule has 0 spiro atoms. The maximum Gasteiger partial charge on any atom is 0.306 e. The first-order valence-corrected chi connectivity index (χ1v) is 4.02. The van der Waals surface area contributed by atoms with Crippen molar-refractivity contribution in [3.8, 4) is 0 Å². The van der Waals surface area contributed by atoms with Crippen LogP contribution in [0, 0.1) is 11.8 Å². The highest BCUT2D eigenvalue weighted by molar-refractivity contribution is 5.69. The van der Waals surface area contributed by atoms with Crippen molar-refractivity contribution in [3.63, 3.8) is 0 Å². The highest BCUT2D eigenvalue weighted by atomic mass is 16.5. The molecule has 1 aliphatic rings. The van der Waals surface area contributed by atoms with Crippen molar-refractivity contribution in [2.45, 2.75) is 19.8 Å². The van der Waals surface area contributed by atoms with Gasteiger partial charge in [0, 0.05) is 13.2 Å². The first-order valence-electron chi connectivity index (χ1n) is 4.02. The second-order valence-electron chi connectivity index (χ2n) is 3.08. The molecule has 1 rings (SSSR count). The maximum atomic E-state index is 10.6. The second kappa shape index (κ2) is 3.72. The minimum absolute atomic E-state index is 0.209. The van der Waals surface area contributed by atoms with Crippen molar-refractivity contribution in [1.29, 1.82) is 0 Å². The molecule has 1 fully saturated rings. The molecule has 0 aromatic carbocycles. The van der Waals surface area contributed by atoms with Crippen LogP contribution in [0.4, 0.5) is 0 Å². The molecule has 0 aromatic rings. The lowest BCUT2D eigenvalue weighted by atomic mass is 9.87. The van der Waals surface area contributed by atoms with E-state index < -0.39 is 5.97 Å². The summed E-state index contributed by atoms with van der Waals surface area (Å²) in [5.41, 5.74) is 0. The van der Waals surface area contributed by atoms with Gasteiger partial charge in [-0.3, -0.25) is 4.79 Å². The zero-order valence-corrected chi connectivity index (χ0v) is 6.75. The summed E-state index contributed by atoms with van der Waals surface area (Å²) in [6.45, 7) is 3.23. The summed E-state index contributed by atoms with van der Waals surface area (Å²) in [4.78, 5) is 10.6. The number of hydrogen-bond acceptors (Lipinski definition) is 2. The lowest BCUT2D eigenvalue weighted by Crippen LogP contribution is -2.26. The molecule has 0 bridgehead atoms. The first-order chi connectivity index (χ1) is 5.22. The summed E-state index contributed by atoms with van der Waals surface area (Å²) < 4.78 is 5.14. The molecular weight excluding hydrogens is 144 g/mol. The quantitative estimate of drug-likeness (QED) is 0.655. The molecule has 3 heteroatoms. The Morgan fingerprint density at radius 1 is 1.55 bits per heavy atom. The third kappa shape index (κ3) is 2.19. The smallest absolute Gasteiger partial charge is 0.306 e. The maximum absolute atomic E-state index is 10.6. The Hall–Kier alpha value is -0.570. The Labute approximate surface area is 66.4 Å². The number of carboxylic acids is 1. The average Bonchev–Trinajstić information content (AvgIpc) is 2.05. The lowest BCUT2D eigenvalue weighted by Gasteiger charge is -2.24. The summed E-state index contributed by atoms with van der Waals surface area (Å²) in [6, 6.07) is 0. The number of rotatable bonds is 2. The second-order valence-corrected chi connectivity index (χ2v) is 3.08. The molecule has 1 atom stereocenters. The van der Waals surface area contributed by atoms with Gasteiger partial charge < -0.3 is 9.84 Å². The molecule has 0 radical (unpaired) electrons. The van der Waals surface area contributed by atoms with Crippen LogP contribution >= 0.6 is 0 Å². The molecule has 0 aromatic heterocycles. The molecule has 11 heavy (non-hydrogen) atoms.